The van der Waals surface area contributed by atoms with Gasteiger partial charge in [-0.3, -0.25) is 24.7 Å². The number of amides is 3. The summed E-state index contributed by atoms with van der Waals surface area (Å²) in [7, 11) is -2.49. The van der Waals surface area contributed by atoms with Gasteiger partial charge in [0.1, 0.15) is 17.4 Å². The fourth-order valence-corrected chi connectivity index (χ4v) is 7.63. The molecular weight excluding hydrogens is 686 g/mol. The van der Waals surface area contributed by atoms with Crippen LogP contribution in [-0.4, -0.2) is 97.1 Å². The average molecular weight is 728 g/mol. The highest BCUT2D eigenvalue weighted by Crippen LogP contribution is 2.43. The summed E-state index contributed by atoms with van der Waals surface area (Å²) in [6, 6.07) is 5.47. The standard InChI is InChI=1S/C33H41F4N5O7S/c1-19(43)41-18-21(24-14-26(42(46)17-20-7-8-20)28(49-32(34)35)15-29(24)50(3,47)48)13-27(41)30(44)38-16-22-5-4-6-25(39-22)31(45)40(2)23-9-11-33(36,37)12-10-23/h4-6,14-15,20-21,23,27,32,46H,7-13,16-18H2,1-3H3,(H,38,44)/t21?,27-/m1/s1. The highest BCUT2D eigenvalue weighted by atomic mass is 32.2. The van der Waals surface area contributed by atoms with Gasteiger partial charge in [0.25, 0.3) is 5.91 Å². The molecular formula is C33H41F4N5O7S. The molecule has 2 N–H and O–H groups in total. The third-order valence-corrected chi connectivity index (χ3v) is 10.7. The minimum atomic E-state index is -4.04. The van der Waals surface area contributed by atoms with Gasteiger partial charge >= 0.3 is 6.61 Å². The molecule has 12 nitrogen and oxygen atoms in total. The molecule has 5 rings (SSSR count). The van der Waals surface area contributed by atoms with Crippen molar-refractivity contribution < 1.29 is 50.3 Å². The zero-order chi connectivity index (χ0) is 36.5. The number of hydroxylamine groups is 1. The number of carbonyl (C=O) groups is 3. The first kappa shape index (κ1) is 37.3. The molecule has 3 fully saturated rings. The Bertz CT molecular complexity index is 1720. The van der Waals surface area contributed by atoms with Gasteiger partial charge in [0.15, 0.2) is 15.6 Å². The molecule has 50 heavy (non-hydrogen) atoms. The lowest BCUT2D eigenvalue weighted by atomic mass is 9.91. The van der Waals surface area contributed by atoms with Gasteiger partial charge in [-0.15, -0.1) is 0 Å². The minimum absolute atomic E-state index is 0.0202. The molecule has 2 saturated carbocycles. The Balaban J connectivity index is 1.33. The number of hydrogen-bond donors (Lipinski definition) is 2. The molecule has 0 radical (unpaired) electrons. The Kier molecular flexibility index (Phi) is 11.0. The molecule has 0 spiro atoms. The van der Waals surface area contributed by atoms with E-state index >= 15 is 0 Å². The van der Waals surface area contributed by atoms with Crippen LogP contribution in [0.15, 0.2) is 35.2 Å². The lowest BCUT2D eigenvalue weighted by Crippen LogP contribution is -2.45. The number of nitrogens with zero attached hydrogens (tertiary/aromatic N) is 4. The molecule has 1 saturated heterocycles. The third-order valence-electron chi connectivity index (χ3n) is 9.59. The third kappa shape index (κ3) is 8.83. The van der Waals surface area contributed by atoms with Crippen molar-refractivity contribution in [1.82, 2.24) is 20.1 Å². The van der Waals surface area contributed by atoms with E-state index in [9.17, 15) is 45.6 Å². The number of anilines is 1. The molecule has 1 aromatic heterocycles. The maximum absolute atomic E-state index is 13.6. The number of alkyl halides is 4. The number of likely N-dealkylation sites (tertiary alicyclic amines) is 1. The predicted octanol–water partition coefficient (Wildman–Crippen LogP) is 4.36. The van der Waals surface area contributed by atoms with Crippen molar-refractivity contribution in [3.05, 3.63) is 47.3 Å². The number of benzene rings is 1. The highest BCUT2D eigenvalue weighted by molar-refractivity contribution is 7.90. The number of carbonyl (C=O) groups excluding carboxylic acids is 3. The van der Waals surface area contributed by atoms with Crippen molar-refractivity contribution in [2.45, 2.75) is 93.8 Å². The van der Waals surface area contributed by atoms with E-state index in [0.717, 1.165) is 30.2 Å². The summed E-state index contributed by atoms with van der Waals surface area (Å²) < 4.78 is 84.3. The second-order valence-corrected chi connectivity index (χ2v) is 15.4. The van der Waals surface area contributed by atoms with Gasteiger partial charge < -0.3 is 19.9 Å². The normalized spacial score (nSPS) is 20.9. The Labute approximate surface area is 287 Å². The number of rotatable bonds is 12. The fraction of sp³-hybridized carbons (Fsp3) is 0.576. The smallest absolute Gasteiger partial charge is 0.387 e. The van der Waals surface area contributed by atoms with Crippen LogP contribution in [0.5, 0.6) is 5.75 Å². The van der Waals surface area contributed by atoms with Gasteiger partial charge in [-0.05, 0) is 61.8 Å². The lowest BCUT2D eigenvalue weighted by molar-refractivity contribution is -0.136. The van der Waals surface area contributed by atoms with Crippen molar-refractivity contribution in [1.29, 1.82) is 0 Å². The quantitative estimate of drug-likeness (QED) is 0.240. The van der Waals surface area contributed by atoms with Gasteiger partial charge in [-0.1, -0.05) is 6.07 Å². The van der Waals surface area contributed by atoms with Crippen molar-refractivity contribution in [3.8, 4) is 5.75 Å². The predicted molar refractivity (Wildman–Crippen MR) is 172 cm³/mol. The zero-order valence-corrected chi connectivity index (χ0v) is 28.8. The summed E-state index contributed by atoms with van der Waals surface area (Å²) in [4.78, 5) is 46.1. The molecule has 2 aliphatic carbocycles. The van der Waals surface area contributed by atoms with E-state index < -0.39 is 57.8 Å². The van der Waals surface area contributed by atoms with Crippen molar-refractivity contribution in [2.24, 2.45) is 5.92 Å². The van der Waals surface area contributed by atoms with Crippen molar-refractivity contribution >= 4 is 33.2 Å². The molecule has 1 aliphatic heterocycles. The van der Waals surface area contributed by atoms with E-state index in [4.69, 9.17) is 0 Å². The van der Waals surface area contributed by atoms with Crippen molar-refractivity contribution in [2.75, 3.05) is 31.5 Å². The van der Waals surface area contributed by atoms with Gasteiger partial charge in [-0.2, -0.15) is 8.78 Å². The van der Waals surface area contributed by atoms with Crippen LogP contribution in [0.25, 0.3) is 0 Å². The first-order valence-electron chi connectivity index (χ1n) is 16.4. The number of aromatic nitrogens is 1. The maximum Gasteiger partial charge on any atom is 0.387 e. The van der Waals surface area contributed by atoms with Gasteiger partial charge in [-0.25, -0.2) is 22.2 Å². The van der Waals surface area contributed by atoms with E-state index in [0.29, 0.717) is 5.69 Å². The SMILES string of the molecule is CC(=O)N1CC(c2cc(N(O)CC3CC3)c(OC(F)F)cc2S(C)(=O)=O)C[C@@H]1C(=O)NCc1cccc(C(=O)N(C)C2CCC(F)(F)CC2)n1. The first-order valence-corrected chi connectivity index (χ1v) is 18.3. The van der Waals surface area contributed by atoms with Gasteiger partial charge in [0, 0.05) is 64.2 Å². The minimum Gasteiger partial charge on any atom is -0.432 e. The molecule has 2 aromatic rings. The molecule has 2 atom stereocenters. The second kappa shape index (κ2) is 14.7. The summed E-state index contributed by atoms with van der Waals surface area (Å²) in [5.41, 5.74) is 0.383. The topological polar surface area (TPSA) is 149 Å². The number of halogens is 4. The average Bonchev–Trinajstić information content (AvgIpc) is 3.75. The Morgan fingerprint density at radius 3 is 2.42 bits per heavy atom. The molecule has 1 unspecified atom stereocenters. The van der Waals surface area contributed by atoms with Gasteiger partial charge in [0.2, 0.25) is 17.7 Å². The van der Waals surface area contributed by atoms with Gasteiger partial charge in [0.05, 0.1) is 17.1 Å². The van der Waals surface area contributed by atoms with Crippen LogP contribution >= 0.6 is 0 Å². The lowest BCUT2D eigenvalue weighted by Gasteiger charge is -2.34. The summed E-state index contributed by atoms with van der Waals surface area (Å²) >= 11 is 0. The van der Waals surface area contributed by atoms with E-state index in [2.05, 4.69) is 15.0 Å². The Morgan fingerprint density at radius 1 is 1.14 bits per heavy atom. The summed E-state index contributed by atoms with van der Waals surface area (Å²) in [6.45, 7) is -2.11. The van der Waals surface area contributed by atoms with E-state index in [1.54, 1.807) is 19.2 Å². The van der Waals surface area contributed by atoms with Crippen LogP contribution in [0.2, 0.25) is 0 Å². The summed E-state index contributed by atoms with van der Waals surface area (Å²) in [5.74, 6) is -5.34. The molecule has 0 bridgehead atoms. The fourth-order valence-electron chi connectivity index (χ4n) is 6.65. The van der Waals surface area contributed by atoms with Crippen LogP contribution in [0.1, 0.15) is 79.5 Å². The van der Waals surface area contributed by atoms with E-state index in [-0.39, 0.29) is 85.5 Å². The van der Waals surface area contributed by atoms with E-state index in [1.165, 1.54) is 28.9 Å². The monoisotopic (exact) mass is 727 g/mol. The maximum atomic E-state index is 13.6. The number of pyridine rings is 1. The first-order chi connectivity index (χ1) is 23.4. The van der Waals surface area contributed by atoms with Crippen molar-refractivity contribution in [3.63, 3.8) is 0 Å². The summed E-state index contributed by atoms with van der Waals surface area (Å²) in [5, 5.41) is 14.3. The molecule has 3 amide bonds. The van der Waals surface area contributed by atoms with Crippen LogP contribution in [0.3, 0.4) is 0 Å². The van der Waals surface area contributed by atoms with E-state index in [1.807, 2.05) is 0 Å². The second-order valence-electron chi connectivity index (χ2n) is 13.4. The Morgan fingerprint density at radius 2 is 1.82 bits per heavy atom. The molecule has 274 valence electrons. The molecule has 17 heteroatoms. The Hall–Kier alpha value is -3.99. The largest absolute Gasteiger partial charge is 0.432 e. The summed E-state index contributed by atoms with van der Waals surface area (Å²) in [6.07, 6.45) is 2.28. The number of nitrogens with one attached hydrogen (secondary N) is 1. The zero-order valence-electron chi connectivity index (χ0n) is 28.0. The highest BCUT2D eigenvalue weighted by Gasteiger charge is 2.41. The number of hydrogen-bond acceptors (Lipinski definition) is 9. The van der Waals surface area contributed by atoms with Crippen LogP contribution < -0.4 is 15.1 Å². The van der Waals surface area contributed by atoms with Crippen LogP contribution in [-0.2, 0) is 26.0 Å². The van der Waals surface area contributed by atoms with Crippen LogP contribution in [0.4, 0.5) is 23.2 Å². The number of ether oxygens (including phenoxy) is 1. The molecule has 2 heterocycles. The van der Waals surface area contributed by atoms with Crippen LogP contribution in [0, 0.1) is 5.92 Å². The molecule has 3 aliphatic rings. The molecule has 1 aromatic carbocycles. The number of sulfone groups is 1.